The van der Waals surface area contributed by atoms with Crippen molar-refractivity contribution >= 4 is 5.91 Å². The molecule has 1 aliphatic rings. The van der Waals surface area contributed by atoms with Gasteiger partial charge in [0.15, 0.2) is 18.1 Å². The van der Waals surface area contributed by atoms with Gasteiger partial charge in [-0.15, -0.1) is 0 Å². The Morgan fingerprint density at radius 3 is 2.75 bits per heavy atom. The topological polar surface area (TPSA) is 69.3 Å². The van der Waals surface area contributed by atoms with E-state index < -0.39 is 0 Å². The van der Waals surface area contributed by atoms with Gasteiger partial charge >= 0.3 is 0 Å². The minimum absolute atomic E-state index is 0.00178. The van der Waals surface area contributed by atoms with E-state index in [9.17, 15) is 4.79 Å². The Balaban J connectivity index is 1.86. The van der Waals surface area contributed by atoms with Crippen molar-refractivity contribution < 1.29 is 23.7 Å². The van der Waals surface area contributed by atoms with Crippen LogP contribution in [-0.4, -0.2) is 71.1 Å². The molecule has 7 nitrogen and oxygen atoms in total. The average molecular weight is 338 g/mol. The lowest BCUT2D eigenvalue weighted by Crippen LogP contribution is -2.43. The van der Waals surface area contributed by atoms with Gasteiger partial charge < -0.3 is 29.2 Å². The van der Waals surface area contributed by atoms with Crippen LogP contribution in [0.2, 0.25) is 0 Å². The molecule has 0 atom stereocenters. The Bertz CT molecular complexity index is 518. The molecule has 1 aromatic carbocycles. The number of hydrogen-bond acceptors (Lipinski definition) is 6. The molecule has 1 aromatic rings. The van der Waals surface area contributed by atoms with Gasteiger partial charge in [0.05, 0.1) is 26.9 Å². The van der Waals surface area contributed by atoms with Gasteiger partial charge in [-0.2, -0.15) is 0 Å². The molecule has 1 fully saturated rings. The lowest BCUT2D eigenvalue weighted by Gasteiger charge is -2.26. The zero-order valence-corrected chi connectivity index (χ0v) is 14.4. The number of methoxy groups -OCH3 is 2. The molecular formula is C17H26N2O5. The minimum Gasteiger partial charge on any atom is -0.493 e. The maximum Gasteiger partial charge on any atom is 0.260 e. The summed E-state index contributed by atoms with van der Waals surface area (Å²) in [7, 11) is 3.27. The summed E-state index contributed by atoms with van der Waals surface area (Å²) in [6.45, 7) is 4.57. The first-order valence-electron chi connectivity index (χ1n) is 8.09. The number of nitrogens with one attached hydrogen (secondary N) is 1. The second kappa shape index (κ2) is 10.1. The smallest absolute Gasteiger partial charge is 0.260 e. The van der Waals surface area contributed by atoms with Crippen LogP contribution in [0.1, 0.15) is 5.56 Å². The van der Waals surface area contributed by atoms with Crippen LogP contribution in [0, 0.1) is 0 Å². The predicted octanol–water partition coefficient (Wildman–Crippen LogP) is 0.669. The van der Waals surface area contributed by atoms with E-state index in [2.05, 4.69) is 5.32 Å². The van der Waals surface area contributed by atoms with E-state index in [0.717, 1.165) is 12.1 Å². The molecule has 2 rings (SSSR count). The van der Waals surface area contributed by atoms with Crippen LogP contribution in [0.15, 0.2) is 18.2 Å². The second-order valence-corrected chi connectivity index (χ2v) is 5.44. The Morgan fingerprint density at radius 2 is 2.04 bits per heavy atom. The first-order valence-corrected chi connectivity index (χ1v) is 8.09. The zero-order valence-electron chi connectivity index (χ0n) is 14.4. The highest BCUT2D eigenvalue weighted by atomic mass is 16.5. The number of nitrogens with zero attached hydrogens (tertiary/aromatic N) is 1. The van der Waals surface area contributed by atoms with Crippen molar-refractivity contribution in [2.75, 3.05) is 60.3 Å². The van der Waals surface area contributed by atoms with Crippen molar-refractivity contribution in [1.82, 2.24) is 10.2 Å². The molecular weight excluding hydrogens is 312 g/mol. The number of hydrogen-bond donors (Lipinski definition) is 1. The number of carbonyl (C=O) groups is 1. The van der Waals surface area contributed by atoms with Gasteiger partial charge in [-0.3, -0.25) is 4.79 Å². The van der Waals surface area contributed by atoms with Crippen LogP contribution in [0.5, 0.6) is 11.5 Å². The second-order valence-electron chi connectivity index (χ2n) is 5.44. The number of carbonyl (C=O) groups excluding carboxylic acids is 1. The highest BCUT2D eigenvalue weighted by Crippen LogP contribution is 2.28. The number of morpholine rings is 1. The molecule has 1 heterocycles. The fraction of sp³-hybridized carbons (Fsp3) is 0.588. The summed E-state index contributed by atoms with van der Waals surface area (Å²) in [5, 5.41) is 3.27. The van der Waals surface area contributed by atoms with Gasteiger partial charge in [-0.05, 0) is 17.7 Å². The predicted molar refractivity (Wildman–Crippen MR) is 89.5 cm³/mol. The molecule has 1 saturated heterocycles. The summed E-state index contributed by atoms with van der Waals surface area (Å²) in [4.78, 5) is 13.9. The van der Waals surface area contributed by atoms with Crippen molar-refractivity contribution in [2.24, 2.45) is 0 Å². The van der Waals surface area contributed by atoms with Gasteiger partial charge in [0.1, 0.15) is 0 Å². The number of rotatable bonds is 9. The maximum absolute atomic E-state index is 12.1. The molecule has 0 aromatic heterocycles. The summed E-state index contributed by atoms with van der Waals surface area (Å²) in [5.74, 6) is 1.15. The van der Waals surface area contributed by atoms with E-state index in [-0.39, 0.29) is 12.5 Å². The van der Waals surface area contributed by atoms with Crippen molar-refractivity contribution in [1.29, 1.82) is 0 Å². The number of amides is 1. The molecule has 0 radical (unpaired) electrons. The molecule has 7 heteroatoms. The van der Waals surface area contributed by atoms with Crippen LogP contribution in [0.4, 0.5) is 0 Å². The quantitative estimate of drug-likeness (QED) is 0.668. The summed E-state index contributed by atoms with van der Waals surface area (Å²) in [6.07, 6.45) is 0. The largest absolute Gasteiger partial charge is 0.493 e. The van der Waals surface area contributed by atoms with Crippen molar-refractivity contribution in [3.05, 3.63) is 23.8 Å². The van der Waals surface area contributed by atoms with Crippen molar-refractivity contribution in [3.8, 4) is 11.5 Å². The molecule has 0 saturated carbocycles. The van der Waals surface area contributed by atoms with Crippen LogP contribution in [0.25, 0.3) is 0 Å². The van der Waals surface area contributed by atoms with Gasteiger partial charge in [0.25, 0.3) is 5.91 Å². The molecule has 134 valence electrons. The summed E-state index contributed by atoms with van der Waals surface area (Å²) in [6, 6.07) is 5.70. The summed E-state index contributed by atoms with van der Waals surface area (Å²) < 4.78 is 21.3. The van der Waals surface area contributed by atoms with Crippen LogP contribution < -0.4 is 14.8 Å². The standard InChI is InChI=1S/C17H26N2O5/c1-21-8-5-18-12-14-3-4-15(16(11-14)22-2)24-13-17(20)19-6-9-23-10-7-19/h3-4,11,18H,5-10,12-13H2,1-2H3. The minimum atomic E-state index is -0.0364. The maximum atomic E-state index is 12.1. The zero-order chi connectivity index (χ0) is 17.2. The highest BCUT2D eigenvalue weighted by Gasteiger charge is 2.18. The first kappa shape index (κ1) is 18.5. The molecule has 0 bridgehead atoms. The van der Waals surface area contributed by atoms with Crippen molar-refractivity contribution in [3.63, 3.8) is 0 Å². The molecule has 1 N–H and O–H groups in total. The Labute approximate surface area is 142 Å². The fourth-order valence-corrected chi connectivity index (χ4v) is 2.39. The average Bonchev–Trinajstić information content (AvgIpc) is 2.64. The molecule has 0 unspecified atom stereocenters. The van der Waals surface area contributed by atoms with Gasteiger partial charge in [0, 0.05) is 33.3 Å². The van der Waals surface area contributed by atoms with E-state index in [0.29, 0.717) is 51.0 Å². The normalized spacial score (nSPS) is 14.5. The van der Waals surface area contributed by atoms with Crippen LogP contribution in [-0.2, 0) is 20.8 Å². The molecule has 0 aliphatic carbocycles. The lowest BCUT2D eigenvalue weighted by molar-refractivity contribution is -0.137. The highest BCUT2D eigenvalue weighted by molar-refractivity contribution is 5.78. The Hall–Kier alpha value is -1.83. The first-order chi connectivity index (χ1) is 11.7. The number of benzene rings is 1. The van der Waals surface area contributed by atoms with Gasteiger partial charge in [-0.25, -0.2) is 0 Å². The van der Waals surface area contributed by atoms with Crippen LogP contribution >= 0.6 is 0 Å². The van der Waals surface area contributed by atoms with Crippen LogP contribution in [0.3, 0.4) is 0 Å². The van der Waals surface area contributed by atoms with E-state index >= 15 is 0 Å². The van der Waals surface area contributed by atoms with E-state index in [1.165, 1.54) is 0 Å². The third kappa shape index (κ3) is 5.67. The summed E-state index contributed by atoms with van der Waals surface area (Å²) in [5.41, 5.74) is 1.08. The molecule has 0 spiro atoms. The molecule has 24 heavy (non-hydrogen) atoms. The third-order valence-electron chi connectivity index (χ3n) is 3.76. The monoisotopic (exact) mass is 338 g/mol. The van der Waals surface area contributed by atoms with E-state index in [1.54, 1.807) is 19.1 Å². The Kier molecular flexibility index (Phi) is 7.81. The lowest BCUT2D eigenvalue weighted by atomic mass is 10.2. The number of ether oxygens (including phenoxy) is 4. The van der Waals surface area contributed by atoms with Gasteiger partial charge in [-0.1, -0.05) is 6.07 Å². The SMILES string of the molecule is COCCNCc1ccc(OCC(=O)N2CCOCC2)c(OC)c1. The Morgan fingerprint density at radius 1 is 1.25 bits per heavy atom. The van der Waals surface area contributed by atoms with E-state index in [4.69, 9.17) is 18.9 Å². The molecule has 1 amide bonds. The fourth-order valence-electron chi connectivity index (χ4n) is 2.39. The van der Waals surface area contributed by atoms with E-state index in [1.807, 2.05) is 18.2 Å². The summed E-state index contributed by atoms with van der Waals surface area (Å²) >= 11 is 0. The van der Waals surface area contributed by atoms with Crippen molar-refractivity contribution in [2.45, 2.75) is 6.54 Å². The third-order valence-corrected chi connectivity index (χ3v) is 3.76. The molecule has 1 aliphatic heterocycles. The van der Waals surface area contributed by atoms with Gasteiger partial charge in [0.2, 0.25) is 0 Å².